The van der Waals surface area contributed by atoms with Crippen LogP contribution >= 0.6 is 0 Å². The molecule has 2 aromatic carbocycles. The summed E-state index contributed by atoms with van der Waals surface area (Å²) in [5.74, 6) is -0.370. The molecule has 0 aliphatic carbocycles. The summed E-state index contributed by atoms with van der Waals surface area (Å²) in [5, 5.41) is 9.25. The maximum Gasteiger partial charge on any atom is 0.416 e. The van der Waals surface area contributed by atoms with Crippen molar-refractivity contribution in [3.63, 3.8) is 0 Å². The van der Waals surface area contributed by atoms with Crippen LogP contribution in [0.15, 0.2) is 72.3 Å². The second kappa shape index (κ2) is 9.05. The molecule has 186 valence electrons. The largest absolute Gasteiger partial charge is 0.463 e. The van der Waals surface area contributed by atoms with Gasteiger partial charge in [-0.05, 0) is 49.7 Å². The number of alkyl halides is 3. The molecule has 1 aliphatic rings. The minimum Gasteiger partial charge on any atom is -0.463 e. The van der Waals surface area contributed by atoms with Crippen molar-refractivity contribution in [3.8, 4) is 6.07 Å². The predicted octanol–water partition coefficient (Wildman–Crippen LogP) is 5.29. The summed E-state index contributed by atoms with van der Waals surface area (Å²) in [5.41, 5.74) is 1.74. The van der Waals surface area contributed by atoms with Crippen LogP contribution in [0.3, 0.4) is 0 Å². The van der Waals surface area contributed by atoms with Crippen LogP contribution < -0.4 is 4.90 Å². The van der Waals surface area contributed by atoms with Gasteiger partial charge in [-0.1, -0.05) is 18.2 Å². The maximum atomic E-state index is 13.6. The summed E-state index contributed by atoms with van der Waals surface area (Å²) in [6.07, 6.45) is -1.72. The van der Waals surface area contributed by atoms with Crippen LogP contribution in [-0.4, -0.2) is 32.1 Å². The number of allylic oxidation sites excluding steroid dienone is 1. The minimum absolute atomic E-state index is 0.0971. The Labute approximate surface area is 209 Å². The van der Waals surface area contributed by atoms with Crippen molar-refractivity contribution >= 4 is 28.8 Å². The molecule has 11 heteroatoms. The van der Waals surface area contributed by atoms with Gasteiger partial charge in [0.25, 0.3) is 0 Å². The number of rotatable bonds is 4. The number of imidazole rings is 1. The maximum absolute atomic E-state index is 13.6. The highest BCUT2D eigenvalue weighted by atomic mass is 19.4. The average molecular weight is 504 g/mol. The van der Waals surface area contributed by atoms with Crippen molar-refractivity contribution in [1.82, 2.24) is 19.5 Å². The zero-order chi connectivity index (χ0) is 26.3. The van der Waals surface area contributed by atoms with Crippen LogP contribution in [0.4, 0.5) is 24.8 Å². The van der Waals surface area contributed by atoms with Crippen LogP contribution in [0.25, 0.3) is 11.2 Å². The van der Waals surface area contributed by atoms with Gasteiger partial charge < -0.3 is 4.74 Å². The minimum atomic E-state index is -4.57. The first-order valence-corrected chi connectivity index (χ1v) is 11.3. The number of hydrogen-bond donors (Lipinski definition) is 0. The Bertz CT molecular complexity index is 1580. The Hall–Kier alpha value is -4.72. The van der Waals surface area contributed by atoms with E-state index >= 15 is 0 Å². The van der Waals surface area contributed by atoms with Gasteiger partial charge in [-0.2, -0.15) is 23.4 Å². The van der Waals surface area contributed by atoms with Gasteiger partial charge in [-0.25, -0.2) is 14.8 Å². The van der Waals surface area contributed by atoms with E-state index in [-0.39, 0.29) is 23.8 Å². The lowest BCUT2D eigenvalue weighted by Gasteiger charge is -2.37. The summed E-state index contributed by atoms with van der Waals surface area (Å²) < 4.78 is 47.8. The fourth-order valence-corrected chi connectivity index (χ4v) is 4.49. The number of nitrogens with zero attached hydrogens (tertiary/aromatic N) is 6. The number of ether oxygens (including phenoxy) is 1. The number of anilines is 2. The van der Waals surface area contributed by atoms with Gasteiger partial charge in [0, 0.05) is 11.4 Å². The van der Waals surface area contributed by atoms with Crippen molar-refractivity contribution in [2.45, 2.75) is 26.1 Å². The van der Waals surface area contributed by atoms with E-state index in [1.54, 1.807) is 42.7 Å². The van der Waals surface area contributed by atoms with E-state index < -0.39 is 23.8 Å². The Balaban J connectivity index is 1.83. The van der Waals surface area contributed by atoms with E-state index in [0.717, 1.165) is 12.1 Å². The third-order valence-electron chi connectivity index (χ3n) is 6.09. The van der Waals surface area contributed by atoms with Crippen LogP contribution in [-0.2, 0) is 15.7 Å². The molecular weight excluding hydrogens is 485 g/mol. The smallest absolute Gasteiger partial charge is 0.416 e. The number of esters is 1. The first-order chi connectivity index (χ1) is 17.7. The molecule has 2 aromatic heterocycles. The molecule has 0 saturated carbocycles. The molecule has 1 unspecified atom stereocenters. The van der Waals surface area contributed by atoms with E-state index in [1.165, 1.54) is 29.6 Å². The van der Waals surface area contributed by atoms with Gasteiger partial charge >= 0.3 is 12.1 Å². The number of nitriles is 1. The molecule has 3 heterocycles. The molecule has 8 nitrogen and oxygen atoms in total. The van der Waals surface area contributed by atoms with E-state index in [2.05, 4.69) is 21.0 Å². The highest BCUT2D eigenvalue weighted by Gasteiger charge is 2.40. The Morgan fingerprint density at radius 2 is 1.95 bits per heavy atom. The van der Waals surface area contributed by atoms with Crippen molar-refractivity contribution < 1.29 is 22.7 Å². The number of carbonyl (C=O) groups excluding carboxylic acids is 1. The lowest BCUT2D eigenvalue weighted by atomic mass is 9.93. The molecule has 1 atom stereocenters. The third kappa shape index (κ3) is 4.06. The summed E-state index contributed by atoms with van der Waals surface area (Å²) in [7, 11) is 0. The van der Waals surface area contributed by atoms with Crippen LogP contribution in [0, 0.1) is 11.3 Å². The standard InChI is InChI=1S/C26H19F3N6O2/c1-3-37-24(36)21-15(2)34(19-6-4-5-18(11-19)26(27,28)29)25-33-23-20(13-31-14-32-23)35(25)22(21)17-9-7-16(12-30)8-10-17/h4-11,13-14,22H,3H2,1-2H3. The fourth-order valence-electron chi connectivity index (χ4n) is 4.49. The number of aromatic nitrogens is 4. The molecule has 0 N–H and O–H groups in total. The Kier molecular flexibility index (Phi) is 5.87. The number of fused-ring (bicyclic) bond motifs is 3. The molecular formula is C26H19F3N6O2. The van der Waals surface area contributed by atoms with Crippen LogP contribution in [0.2, 0.25) is 0 Å². The number of benzene rings is 2. The molecule has 0 radical (unpaired) electrons. The first-order valence-electron chi connectivity index (χ1n) is 11.3. The van der Waals surface area contributed by atoms with Gasteiger partial charge in [-0.15, -0.1) is 0 Å². The molecule has 0 saturated heterocycles. The van der Waals surface area contributed by atoms with Crippen molar-refractivity contribution in [1.29, 1.82) is 5.26 Å². The lowest BCUT2D eigenvalue weighted by molar-refractivity contribution is -0.139. The monoisotopic (exact) mass is 504 g/mol. The average Bonchev–Trinajstić information content (AvgIpc) is 3.26. The summed E-state index contributed by atoms with van der Waals surface area (Å²) in [4.78, 5) is 27.8. The Morgan fingerprint density at radius 1 is 1.19 bits per heavy atom. The second-order valence-corrected chi connectivity index (χ2v) is 8.25. The van der Waals surface area contributed by atoms with Gasteiger partial charge in [0.1, 0.15) is 11.8 Å². The molecule has 0 spiro atoms. The van der Waals surface area contributed by atoms with Crippen molar-refractivity contribution in [3.05, 3.63) is 89.0 Å². The van der Waals surface area contributed by atoms with Gasteiger partial charge in [-0.3, -0.25) is 9.47 Å². The zero-order valence-electron chi connectivity index (χ0n) is 19.7. The second-order valence-electron chi connectivity index (χ2n) is 8.25. The number of carbonyl (C=O) groups is 1. The fraction of sp³-hybridized carbons (Fsp3) is 0.192. The van der Waals surface area contributed by atoms with E-state index in [4.69, 9.17) is 4.74 Å². The van der Waals surface area contributed by atoms with Crippen LogP contribution in [0.5, 0.6) is 0 Å². The van der Waals surface area contributed by atoms with Crippen LogP contribution in [0.1, 0.15) is 36.6 Å². The summed E-state index contributed by atoms with van der Waals surface area (Å²) in [6, 6.07) is 12.8. The highest BCUT2D eigenvalue weighted by Crippen LogP contribution is 2.45. The molecule has 0 fully saturated rings. The normalized spacial score (nSPS) is 15.5. The SMILES string of the molecule is CCOC(=O)C1=C(C)N(c2cccc(C(F)(F)F)c2)c2nc3ncncc3n2C1c1ccc(C#N)cc1. The quantitative estimate of drug-likeness (QED) is 0.348. The Morgan fingerprint density at radius 3 is 2.62 bits per heavy atom. The van der Waals surface area contributed by atoms with Gasteiger partial charge in [0.15, 0.2) is 5.65 Å². The highest BCUT2D eigenvalue weighted by molar-refractivity contribution is 5.95. The molecule has 37 heavy (non-hydrogen) atoms. The van der Waals surface area contributed by atoms with Gasteiger partial charge in [0.05, 0.1) is 41.6 Å². The summed E-state index contributed by atoms with van der Waals surface area (Å²) >= 11 is 0. The van der Waals surface area contributed by atoms with Gasteiger partial charge in [0.2, 0.25) is 5.95 Å². The first kappa shape index (κ1) is 24.0. The number of halogens is 3. The molecule has 0 bridgehead atoms. The third-order valence-corrected chi connectivity index (χ3v) is 6.09. The van der Waals surface area contributed by atoms with E-state index in [0.29, 0.717) is 28.0 Å². The number of hydrogen-bond acceptors (Lipinski definition) is 7. The molecule has 0 amide bonds. The van der Waals surface area contributed by atoms with Crippen molar-refractivity contribution in [2.24, 2.45) is 0 Å². The molecule has 5 rings (SSSR count). The summed E-state index contributed by atoms with van der Waals surface area (Å²) in [6.45, 7) is 3.40. The van der Waals surface area contributed by atoms with E-state index in [9.17, 15) is 23.2 Å². The topological polar surface area (TPSA) is 96.9 Å². The van der Waals surface area contributed by atoms with Crippen molar-refractivity contribution in [2.75, 3.05) is 11.5 Å². The van der Waals surface area contributed by atoms with E-state index in [1.807, 2.05) is 0 Å². The predicted molar refractivity (Wildman–Crippen MR) is 128 cm³/mol. The lowest BCUT2D eigenvalue weighted by Crippen LogP contribution is -2.34. The molecule has 1 aliphatic heterocycles. The zero-order valence-corrected chi connectivity index (χ0v) is 19.7. The molecule has 4 aromatic rings.